The van der Waals surface area contributed by atoms with Crippen molar-refractivity contribution in [1.82, 2.24) is 14.9 Å². The summed E-state index contributed by atoms with van der Waals surface area (Å²) in [5.41, 5.74) is 0.289. The molecule has 2 saturated heterocycles. The fourth-order valence-corrected chi connectivity index (χ4v) is 5.60. The second-order valence-electron chi connectivity index (χ2n) is 8.47. The van der Waals surface area contributed by atoms with Gasteiger partial charge in [-0.25, -0.2) is 9.97 Å². The quantitative estimate of drug-likeness (QED) is 0.766. The Kier molecular flexibility index (Phi) is 4.83. The summed E-state index contributed by atoms with van der Waals surface area (Å²) in [6, 6.07) is 1.63. The number of fused-ring (bicyclic) bond motifs is 1. The van der Waals surface area contributed by atoms with Crippen LogP contribution >= 0.6 is 11.3 Å². The van der Waals surface area contributed by atoms with Crippen molar-refractivity contribution >= 4 is 27.4 Å². The third-order valence-corrected chi connectivity index (χ3v) is 6.66. The Hall–Kier alpha value is -1.41. The maximum Gasteiger partial charge on any atom is 0.393 e. The number of likely N-dealkylation sites (tertiary alicyclic amines) is 1. The molecule has 0 aromatic carbocycles. The smallest absolute Gasteiger partial charge is 0.355 e. The van der Waals surface area contributed by atoms with Crippen LogP contribution in [0.2, 0.25) is 0 Å². The van der Waals surface area contributed by atoms with Crippen LogP contribution < -0.4 is 4.90 Å². The Morgan fingerprint density at radius 1 is 1.19 bits per heavy atom. The lowest BCUT2D eigenvalue weighted by molar-refractivity contribution is -0.126. The standard InChI is InChI=1S/C19H25F3N4S/c1-13(2)9-25-5-3-18(10-25)4-6-26(11-18)16-15-7-14(8-19(20,21)22)27-17(15)24-12-23-16/h7,12-13H,3-6,8-11H2,1-2H3/t18-/m0/s1. The molecule has 0 saturated carbocycles. The maximum absolute atomic E-state index is 12.8. The van der Waals surface area contributed by atoms with Gasteiger partial charge in [0.1, 0.15) is 17.0 Å². The summed E-state index contributed by atoms with van der Waals surface area (Å²) >= 11 is 1.12. The van der Waals surface area contributed by atoms with E-state index < -0.39 is 12.6 Å². The molecule has 0 aliphatic carbocycles. The van der Waals surface area contributed by atoms with Crippen molar-refractivity contribution in [2.24, 2.45) is 11.3 Å². The normalized spacial score (nSPS) is 24.1. The zero-order chi connectivity index (χ0) is 19.2. The molecule has 4 heterocycles. The molecule has 2 fully saturated rings. The number of hydrogen-bond donors (Lipinski definition) is 0. The van der Waals surface area contributed by atoms with Crippen LogP contribution in [0.4, 0.5) is 19.0 Å². The topological polar surface area (TPSA) is 32.3 Å². The summed E-state index contributed by atoms with van der Waals surface area (Å²) in [6.07, 6.45) is -1.31. The molecule has 2 aromatic heterocycles. The average molecular weight is 398 g/mol. The summed E-state index contributed by atoms with van der Waals surface area (Å²) in [5, 5.41) is 0.760. The third-order valence-electron chi connectivity index (χ3n) is 5.61. The summed E-state index contributed by atoms with van der Waals surface area (Å²) in [5.74, 6) is 1.46. The lowest BCUT2D eigenvalue weighted by Crippen LogP contribution is -2.32. The van der Waals surface area contributed by atoms with Crippen LogP contribution in [0.1, 0.15) is 31.6 Å². The minimum absolute atomic E-state index is 0.289. The lowest BCUT2D eigenvalue weighted by Gasteiger charge is -2.26. The summed E-state index contributed by atoms with van der Waals surface area (Å²) in [4.78, 5) is 14.4. The van der Waals surface area contributed by atoms with Crippen molar-refractivity contribution in [3.05, 3.63) is 17.3 Å². The summed E-state index contributed by atoms with van der Waals surface area (Å²) in [6.45, 7) is 9.71. The number of anilines is 1. The first kappa shape index (κ1) is 18.9. The number of alkyl halides is 3. The van der Waals surface area contributed by atoms with Gasteiger partial charge >= 0.3 is 6.18 Å². The Morgan fingerprint density at radius 2 is 1.96 bits per heavy atom. The molecule has 1 spiro atoms. The van der Waals surface area contributed by atoms with Crippen LogP contribution in [0, 0.1) is 11.3 Å². The van der Waals surface area contributed by atoms with E-state index in [0.717, 1.165) is 61.7 Å². The van der Waals surface area contributed by atoms with Crippen LogP contribution in [0.25, 0.3) is 10.2 Å². The molecule has 0 radical (unpaired) electrons. The largest absolute Gasteiger partial charge is 0.393 e. The molecular formula is C19H25F3N4S. The Morgan fingerprint density at radius 3 is 2.70 bits per heavy atom. The minimum Gasteiger partial charge on any atom is -0.355 e. The van der Waals surface area contributed by atoms with E-state index >= 15 is 0 Å². The Bertz CT molecular complexity index is 819. The number of hydrogen-bond acceptors (Lipinski definition) is 5. The van der Waals surface area contributed by atoms with Crippen molar-refractivity contribution < 1.29 is 13.2 Å². The van der Waals surface area contributed by atoms with E-state index in [-0.39, 0.29) is 5.41 Å². The van der Waals surface area contributed by atoms with Crippen molar-refractivity contribution in [3.8, 4) is 0 Å². The van der Waals surface area contributed by atoms with Gasteiger partial charge in [-0.2, -0.15) is 13.2 Å². The molecule has 0 bridgehead atoms. The van der Waals surface area contributed by atoms with Gasteiger partial charge in [0.05, 0.1) is 11.8 Å². The van der Waals surface area contributed by atoms with Crippen molar-refractivity contribution in [2.75, 3.05) is 37.6 Å². The summed E-state index contributed by atoms with van der Waals surface area (Å²) < 4.78 is 38.3. The van der Waals surface area contributed by atoms with Gasteiger partial charge in [-0.1, -0.05) is 13.8 Å². The first-order chi connectivity index (χ1) is 12.7. The van der Waals surface area contributed by atoms with E-state index in [4.69, 9.17) is 0 Å². The van der Waals surface area contributed by atoms with Gasteiger partial charge < -0.3 is 9.80 Å². The monoisotopic (exact) mass is 398 g/mol. The second-order valence-corrected chi connectivity index (χ2v) is 9.59. The number of halogens is 3. The van der Waals surface area contributed by atoms with Gasteiger partial charge in [0.15, 0.2) is 0 Å². The molecule has 2 aromatic rings. The number of aromatic nitrogens is 2. The average Bonchev–Trinajstić information content (AvgIpc) is 3.24. The predicted molar refractivity (Wildman–Crippen MR) is 102 cm³/mol. The predicted octanol–water partition coefficient (Wildman–Crippen LogP) is 4.35. The van der Waals surface area contributed by atoms with E-state index in [0.29, 0.717) is 15.6 Å². The van der Waals surface area contributed by atoms with Crippen LogP contribution in [-0.4, -0.2) is 53.8 Å². The molecule has 148 valence electrons. The highest BCUT2D eigenvalue weighted by molar-refractivity contribution is 7.18. The zero-order valence-corrected chi connectivity index (χ0v) is 16.5. The van der Waals surface area contributed by atoms with E-state index in [2.05, 4.69) is 33.6 Å². The van der Waals surface area contributed by atoms with Gasteiger partial charge in [-0.15, -0.1) is 11.3 Å². The van der Waals surface area contributed by atoms with Gasteiger partial charge in [0.2, 0.25) is 0 Å². The van der Waals surface area contributed by atoms with Gasteiger partial charge in [0.25, 0.3) is 0 Å². The Labute approximate surface area is 161 Å². The molecule has 8 heteroatoms. The molecule has 4 nitrogen and oxygen atoms in total. The van der Waals surface area contributed by atoms with Gasteiger partial charge in [0, 0.05) is 36.5 Å². The number of rotatable bonds is 4. The Balaban J connectivity index is 1.53. The highest BCUT2D eigenvalue weighted by Crippen LogP contribution is 2.43. The van der Waals surface area contributed by atoms with Crippen LogP contribution in [0.3, 0.4) is 0 Å². The lowest BCUT2D eigenvalue weighted by atomic mass is 9.86. The molecule has 0 N–H and O–H groups in total. The molecule has 1 atom stereocenters. The third kappa shape index (κ3) is 4.06. The number of thiophene rings is 1. The van der Waals surface area contributed by atoms with Crippen molar-refractivity contribution in [1.29, 1.82) is 0 Å². The molecular weight excluding hydrogens is 373 g/mol. The van der Waals surface area contributed by atoms with E-state index in [1.807, 2.05) is 0 Å². The first-order valence-corrected chi connectivity index (χ1v) is 10.3. The van der Waals surface area contributed by atoms with Crippen LogP contribution in [0.5, 0.6) is 0 Å². The number of nitrogens with zero attached hydrogens (tertiary/aromatic N) is 4. The first-order valence-electron chi connectivity index (χ1n) is 9.51. The summed E-state index contributed by atoms with van der Waals surface area (Å²) in [7, 11) is 0. The van der Waals surface area contributed by atoms with Gasteiger partial charge in [-0.05, 0) is 31.4 Å². The fraction of sp³-hybridized carbons (Fsp3) is 0.684. The highest BCUT2D eigenvalue weighted by atomic mass is 32.1. The maximum atomic E-state index is 12.8. The van der Waals surface area contributed by atoms with Gasteiger partial charge in [-0.3, -0.25) is 0 Å². The zero-order valence-electron chi connectivity index (χ0n) is 15.7. The molecule has 0 amide bonds. The second kappa shape index (κ2) is 6.88. The minimum atomic E-state index is -4.20. The molecule has 4 rings (SSSR count). The van der Waals surface area contributed by atoms with Crippen molar-refractivity contribution in [3.63, 3.8) is 0 Å². The molecule has 2 aliphatic heterocycles. The van der Waals surface area contributed by atoms with E-state index in [9.17, 15) is 13.2 Å². The van der Waals surface area contributed by atoms with Crippen LogP contribution in [0.15, 0.2) is 12.4 Å². The SMILES string of the molecule is CC(C)CN1CC[C@]2(CCN(c3ncnc4sc(CC(F)(F)F)cc34)C2)C1. The van der Waals surface area contributed by atoms with Crippen molar-refractivity contribution in [2.45, 2.75) is 39.3 Å². The fourth-order valence-electron chi connectivity index (χ4n) is 4.58. The molecule has 0 unspecified atom stereocenters. The highest BCUT2D eigenvalue weighted by Gasteiger charge is 2.44. The molecule has 2 aliphatic rings. The van der Waals surface area contributed by atoms with E-state index in [1.165, 1.54) is 12.7 Å². The van der Waals surface area contributed by atoms with E-state index in [1.54, 1.807) is 6.07 Å². The molecule has 27 heavy (non-hydrogen) atoms. The van der Waals surface area contributed by atoms with Crippen LogP contribution in [-0.2, 0) is 6.42 Å².